The van der Waals surface area contributed by atoms with Crippen LogP contribution < -0.4 is 10.2 Å². The maximum Gasteiger partial charge on any atom is 0.343 e. The molecule has 0 radical (unpaired) electrons. The summed E-state index contributed by atoms with van der Waals surface area (Å²) in [6.45, 7) is 0.0622. The zero-order valence-electron chi connectivity index (χ0n) is 11.6. The molecule has 5 atom stereocenters. The lowest BCUT2D eigenvalue weighted by Gasteiger charge is -2.40. The number of alkyl halides is 2. The second-order valence-electron chi connectivity index (χ2n) is 4.55. The highest BCUT2D eigenvalue weighted by Crippen LogP contribution is 2.41. The molecule has 1 aliphatic rings. The third-order valence-corrected chi connectivity index (χ3v) is 5.51. The van der Waals surface area contributed by atoms with Crippen molar-refractivity contribution in [1.29, 1.82) is 0 Å². The van der Waals surface area contributed by atoms with Crippen molar-refractivity contribution in [2.75, 3.05) is 30.4 Å². The van der Waals surface area contributed by atoms with E-state index < -0.39 is 45.0 Å². The Labute approximate surface area is 145 Å². The molecule has 1 rings (SSSR count). The van der Waals surface area contributed by atoms with Crippen molar-refractivity contribution in [3.05, 3.63) is 0 Å². The molecule has 9 nitrogen and oxygen atoms in total. The van der Waals surface area contributed by atoms with Crippen molar-refractivity contribution in [3.63, 3.8) is 0 Å². The van der Waals surface area contributed by atoms with Crippen molar-refractivity contribution < 1.29 is 34.3 Å². The van der Waals surface area contributed by atoms with Crippen LogP contribution in [0, 0.1) is 0 Å². The Morgan fingerprint density at radius 3 is 2.05 bits per heavy atom. The van der Waals surface area contributed by atoms with E-state index in [1.165, 1.54) is 0 Å². The largest absolute Gasteiger partial charge is 0.394 e. The van der Waals surface area contributed by atoms with Crippen LogP contribution in [0.25, 0.3) is 0 Å². The first-order valence-corrected chi connectivity index (χ1v) is 10.5. The average molecular weight is 472 g/mol. The molecule has 0 bridgehead atoms. The van der Waals surface area contributed by atoms with Crippen LogP contribution in [0.15, 0.2) is 0 Å². The molecule has 132 valence electrons. The number of hydrogen-bond acceptors (Lipinski definition) is 7. The summed E-state index contributed by atoms with van der Waals surface area (Å²) in [7, 11) is -3.56. The smallest absolute Gasteiger partial charge is 0.343 e. The lowest BCUT2D eigenvalue weighted by atomic mass is 10.00. The maximum absolute atomic E-state index is 12.6. The summed E-state index contributed by atoms with van der Waals surface area (Å²) in [6.07, 6.45) is -7.28. The molecule has 1 saturated heterocycles. The van der Waals surface area contributed by atoms with Gasteiger partial charge in [0.05, 0.1) is 6.61 Å². The molecular weight excluding hydrogens is 451 g/mol. The number of nitrogens with one attached hydrogen (secondary N) is 2. The molecule has 2 unspecified atom stereocenters. The van der Waals surface area contributed by atoms with Crippen LogP contribution in [0.3, 0.4) is 0 Å². The van der Waals surface area contributed by atoms with E-state index in [1.807, 2.05) is 0 Å². The lowest BCUT2D eigenvalue weighted by molar-refractivity contribution is -0.277. The molecule has 1 aliphatic heterocycles. The summed E-state index contributed by atoms with van der Waals surface area (Å²) < 4.78 is 23.1. The molecular formula is C10H21Br2N2O7P. The van der Waals surface area contributed by atoms with Gasteiger partial charge in [0.25, 0.3) is 0 Å². The van der Waals surface area contributed by atoms with Gasteiger partial charge in [0, 0.05) is 23.7 Å². The number of rotatable bonds is 9. The first-order valence-electron chi connectivity index (χ1n) is 6.59. The van der Waals surface area contributed by atoms with Crippen LogP contribution in [0.5, 0.6) is 0 Å². The van der Waals surface area contributed by atoms with Crippen LogP contribution in [-0.2, 0) is 13.8 Å². The fourth-order valence-electron chi connectivity index (χ4n) is 1.81. The first-order chi connectivity index (χ1) is 10.4. The van der Waals surface area contributed by atoms with Crippen LogP contribution in [-0.4, -0.2) is 81.5 Å². The maximum atomic E-state index is 12.6. The number of aliphatic hydroxyl groups excluding tert-OH is 4. The van der Waals surface area contributed by atoms with E-state index in [9.17, 15) is 19.9 Å². The summed E-state index contributed by atoms with van der Waals surface area (Å²) in [4.78, 5) is 0. The predicted molar refractivity (Wildman–Crippen MR) is 86.1 cm³/mol. The summed E-state index contributed by atoms with van der Waals surface area (Å²) in [6, 6.07) is 0. The minimum Gasteiger partial charge on any atom is -0.394 e. The Balaban J connectivity index is 2.79. The molecule has 12 heteroatoms. The summed E-state index contributed by atoms with van der Waals surface area (Å²) >= 11 is 6.37. The van der Waals surface area contributed by atoms with E-state index in [0.717, 1.165) is 0 Å². The molecule has 0 aromatic heterocycles. The number of aliphatic hydroxyl groups is 4. The zero-order valence-corrected chi connectivity index (χ0v) is 15.7. The van der Waals surface area contributed by atoms with Gasteiger partial charge in [-0.2, -0.15) is 0 Å². The van der Waals surface area contributed by atoms with Crippen LogP contribution in [0.2, 0.25) is 0 Å². The molecule has 1 heterocycles. The number of halogens is 2. The monoisotopic (exact) mass is 470 g/mol. The molecule has 1 fully saturated rings. The van der Waals surface area contributed by atoms with E-state index in [1.54, 1.807) is 0 Å². The lowest BCUT2D eigenvalue weighted by Crippen LogP contribution is -2.59. The zero-order chi connectivity index (χ0) is 16.8. The Morgan fingerprint density at radius 2 is 1.59 bits per heavy atom. The minimum absolute atomic E-state index is 0.323. The van der Waals surface area contributed by atoms with Gasteiger partial charge >= 0.3 is 7.67 Å². The number of hydrogen-bond donors (Lipinski definition) is 6. The summed E-state index contributed by atoms with van der Waals surface area (Å²) in [5.74, 6) is 0. The van der Waals surface area contributed by atoms with Gasteiger partial charge in [-0.25, -0.2) is 10.2 Å². The second kappa shape index (κ2) is 10.00. The van der Waals surface area contributed by atoms with Gasteiger partial charge in [-0.15, -0.1) is 0 Å². The first kappa shape index (κ1) is 20.9. The van der Waals surface area contributed by atoms with E-state index in [2.05, 4.69) is 42.0 Å². The van der Waals surface area contributed by atoms with E-state index in [4.69, 9.17) is 14.4 Å². The number of ether oxygens (including phenoxy) is 1. The Bertz CT molecular complexity index is 367. The topological polar surface area (TPSA) is 141 Å². The predicted octanol–water partition coefficient (Wildman–Crippen LogP) is -1.12. The molecule has 0 spiro atoms. The van der Waals surface area contributed by atoms with Gasteiger partial charge in [0.15, 0.2) is 6.29 Å². The van der Waals surface area contributed by atoms with Crippen LogP contribution in [0.4, 0.5) is 0 Å². The Morgan fingerprint density at radius 1 is 1.05 bits per heavy atom. The van der Waals surface area contributed by atoms with Crippen molar-refractivity contribution >= 4 is 39.5 Å². The van der Waals surface area contributed by atoms with Crippen molar-refractivity contribution in [2.24, 2.45) is 0 Å². The molecule has 6 N–H and O–H groups in total. The van der Waals surface area contributed by atoms with Crippen LogP contribution in [0.1, 0.15) is 0 Å². The Hall–Kier alpha value is 0.870. The van der Waals surface area contributed by atoms with E-state index >= 15 is 0 Å². The molecule has 0 aromatic rings. The highest BCUT2D eigenvalue weighted by atomic mass is 79.9. The van der Waals surface area contributed by atoms with Crippen molar-refractivity contribution in [3.8, 4) is 0 Å². The van der Waals surface area contributed by atoms with Crippen molar-refractivity contribution in [1.82, 2.24) is 10.2 Å². The standard InChI is InChI=1S/C10H21Br2N2O7P/c11-1-3-13-22(19,14-4-2-12)21-10-9(18)8(17)7(16)6(5-15)20-10/h6-10,15-18H,1-5H2,(H2,13,14,19)/t6?,7-,8?,9-,10+/m1/s1. The third kappa shape index (κ3) is 5.75. The van der Waals surface area contributed by atoms with Gasteiger partial charge in [-0.1, -0.05) is 31.9 Å². The second-order valence-corrected chi connectivity index (χ2v) is 8.08. The molecule has 0 saturated carbocycles. The fraction of sp³-hybridized carbons (Fsp3) is 1.00. The van der Waals surface area contributed by atoms with E-state index in [0.29, 0.717) is 23.7 Å². The molecule has 22 heavy (non-hydrogen) atoms. The molecule has 0 aliphatic carbocycles. The highest BCUT2D eigenvalue weighted by molar-refractivity contribution is 9.09. The van der Waals surface area contributed by atoms with Crippen molar-refractivity contribution in [2.45, 2.75) is 30.7 Å². The quantitative estimate of drug-likeness (QED) is 0.182. The molecule has 0 amide bonds. The van der Waals surface area contributed by atoms with Crippen LogP contribution >= 0.6 is 39.5 Å². The highest BCUT2D eigenvalue weighted by Gasteiger charge is 2.46. The van der Waals surface area contributed by atoms with E-state index in [-0.39, 0.29) is 0 Å². The molecule has 0 aromatic carbocycles. The van der Waals surface area contributed by atoms with Gasteiger partial charge in [0.1, 0.15) is 24.4 Å². The summed E-state index contributed by atoms with van der Waals surface area (Å²) in [5.41, 5.74) is 0. The Kier molecular flexibility index (Phi) is 9.50. The average Bonchev–Trinajstić information content (AvgIpc) is 2.51. The summed E-state index contributed by atoms with van der Waals surface area (Å²) in [5, 5.41) is 44.8. The van der Waals surface area contributed by atoms with Gasteiger partial charge < -0.3 is 25.2 Å². The van der Waals surface area contributed by atoms with Gasteiger partial charge in [-0.3, -0.25) is 9.09 Å². The van der Waals surface area contributed by atoms with Gasteiger partial charge in [0.2, 0.25) is 0 Å². The normalized spacial score (nSPS) is 33.1. The van der Waals surface area contributed by atoms with Gasteiger partial charge in [-0.05, 0) is 0 Å². The minimum atomic E-state index is -3.56. The third-order valence-electron chi connectivity index (χ3n) is 2.93. The SMILES string of the molecule is O=P(NCCBr)(NCCBr)O[C@@H]1OC(CO)[C@@H](O)C(O)[C@H]1O. The fourth-order valence-corrected chi connectivity index (χ4v) is 4.36.